The van der Waals surface area contributed by atoms with Gasteiger partial charge in [-0.25, -0.2) is 4.79 Å². The van der Waals surface area contributed by atoms with Crippen LogP contribution in [0.1, 0.15) is 28.8 Å². The molecule has 0 fully saturated rings. The molecule has 0 unspecified atom stereocenters. The van der Waals surface area contributed by atoms with E-state index in [0.717, 1.165) is 0 Å². The summed E-state index contributed by atoms with van der Waals surface area (Å²) in [5.41, 5.74) is 0.963. The average molecular weight is 300 g/mol. The highest BCUT2D eigenvalue weighted by molar-refractivity contribution is 6.31. The maximum absolute atomic E-state index is 11.9. The lowest BCUT2D eigenvalue weighted by Crippen LogP contribution is -2.41. The number of carboxylic acids is 2. The highest BCUT2D eigenvalue weighted by Gasteiger charge is 2.21. The first-order chi connectivity index (χ1) is 9.31. The number of rotatable bonds is 6. The molecule has 1 aromatic carbocycles. The monoisotopic (exact) mass is 299 g/mol. The van der Waals surface area contributed by atoms with E-state index < -0.39 is 23.9 Å². The van der Waals surface area contributed by atoms with Gasteiger partial charge in [-0.05, 0) is 37.1 Å². The van der Waals surface area contributed by atoms with Gasteiger partial charge in [0.1, 0.15) is 6.04 Å². The summed E-state index contributed by atoms with van der Waals surface area (Å²) in [6.45, 7) is 1.72. The lowest BCUT2D eigenvalue weighted by Gasteiger charge is -2.14. The number of hydrogen-bond acceptors (Lipinski definition) is 3. The molecule has 3 N–H and O–H groups in total. The zero-order valence-electron chi connectivity index (χ0n) is 10.7. The normalized spacial score (nSPS) is 11.7. The van der Waals surface area contributed by atoms with Crippen LogP contribution in [-0.4, -0.2) is 34.1 Å². The standard InChI is InChI=1S/C13H14ClNO5/c1-7-6-8(2-3-9(7)14)12(18)15-10(13(19)20)4-5-11(16)17/h2-3,6,10H,4-5H2,1H3,(H,15,18)(H,16,17)(H,19,20)/t10-/m0/s1. The highest BCUT2D eigenvalue weighted by atomic mass is 35.5. The topological polar surface area (TPSA) is 104 Å². The SMILES string of the molecule is Cc1cc(C(=O)N[C@@H](CCC(=O)O)C(=O)O)ccc1Cl. The second-order valence-electron chi connectivity index (χ2n) is 4.26. The van der Waals surface area contributed by atoms with E-state index in [9.17, 15) is 14.4 Å². The quantitative estimate of drug-likeness (QED) is 0.741. The molecular weight excluding hydrogens is 286 g/mol. The van der Waals surface area contributed by atoms with Gasteiger partial charge in [-0.2, -0.15) is 0 Å². The molecule has 0 heterocycles. The third-order valence-electron chi connectivity index (χ3n) is 2.67. The maximum Gasteiger partial charge on any atom is 0.326 e. The Balaban J connectivity index is 2.77. The number of halogens is 1. The van der Waals surface area contributed by atoms with Crippen molar-refractivity contribution >= 4 is 29.4 Å². The fourth-order valence-electron chi connectivity index (χ4n) is 1.55. The second-order valence-corrected chi connectivity index (χ2v) is 4.67. The van der Waals surface area contributed by atoms with Crippen molar-refractivity contribution in [3.63, 3.8) is 0 Å². The summed E-state index contributed by atoms with van der Waals surface area (Å²) in [4.78, 5) is 33.3. The Labute approximate surface area is 120 Å². The van der Waals surface area contributed by atoms with Gasteiger partial charge in [0.2, 0.25) is 0 Å². The molecule has 1 amide bonds. The fraction of sp³-hybridized carbons (Fsp3) is 0.308. The Morgan fingerprint density at radius 1 is 1.30 bits per heavy atom. The molecular formula is C13H14ClNO5. The van der Waals surface area contributed by atoms with Crippen LogP contribution in [0.25, 0.3) is 0 Å². The molecule has 108 valence electrons. The van der Waals surface area contributed by atoms with Crippen LogP contribution in [0, 0.1) is 6.92 Å². The van der Waals surface area contributed by atoms with Gasteiger partial charge >= 0.3 is 11.9 Å². The zero-order valence-corrected chi connectivity index (χ0v) is 11.5. The molecule has 0 radical (unpaired) electrons. The molecule has 1 atom stereocenters. The molecule has 0 aliphatic heterocycles. The van der Waals surface area contributed by atoms with Crippen molar-refractivity contribution in [3.05, 3.63) is 34.3 Å². The van der Waals surface area contributed by atoms with Crippen LogP contribution in [0.4, 0.5) is 0 Å². The van der Waals surface area contributed by atoms with E-state index in [1.165, 1.54) is 12.1 Å². The summed E-state index contributed by atoms with van der Waals surface area (Å²) in [5.74, 6) is -2.97. The fourth-order valence-corrected chi connectivity index (χ4v) is 1.67. The second kappa shape index (κ2) is 6.91. The predicted octanol–water partition coefficient (Wildman–Crippen LogP) is 1.70. The van der Waals surface area contributed by atoms with Crippen LogP contribution in [0.3, 0.4) is 0 Å². The Morgan fingerprint density at radius 3 is 2.45 bits per heavy atom. The van der Waals surface area contributed by atoms with E-state index in [2.05, 4.69) is 5.32 Å². The third-order valence-corrected chi connectivity index (χ3v) is 3.09. The lowest BCUT2D eigenvalue weighted by molar-refractivity contribution is -0.140. The van der Waals surface area contributed by atoms with Gasteiger partial charge in [-0.1, -0.05) is 11.6 Å². The van der Waals surface area contributed by atoms with Crippen molar-refractivity contribution in [2.45, 2.75) is 25.8 Å². The first kappa shape index (κ1) is 16.0. The minimum atomic E-state index is -1.27. The summed E-state index contributed by atoms with van der Waals surface area (Å²) in [6.07, 6.45) is -0.514. The molecule has 0 aliphatic rings. The zero-order chi connectivity index (χ0) is 15.3. The average Bonchev–Trinajstić information content (AvgIpc) is 2.36. The highest BCUT2D eigenvalue weighted by Crippen LogP contribution is 2.16. The van der Waals surface area contributed by atoms with Gasteiger partial charge in [0, 0.05) is 17.0 Å². The molecule has 6 nitrogen and oxygen atoms in total. The van der Waals surface area contributed by atoms with Crippen molar-refractivity contribution in [2.24, 2.45) is 0 Å². The van der Waals surface area contributed by atoms with E-state index in [4.69, 9.17) is 21.8 Å². The molecule has 0 aliphatic carbocycles. The van der Waals surface area contributed by atoms with Crippen LogP contribution in [-0.2, 0) is 9.59 Å². The predicted molar refractivity (Wildman–Crippen MR) is 71.9 cm³/mol. The Kier molecular flexibility index (Phi) is 5.52. The number of carboxylic acid groups (broad SMARTS) is 2. The van der Waals surface area contributed by atoms with Crippen molar-refractivity contribution < 1.29 is 24.6 Å². The smallest absolute Gasteiger partial charge is 0.326 e. The Hall–Kier alpha value is -2.08. The summed E-state index contributed by atoms with van der Waals surface area (Å²) in [5, 5.41) is 20.3. The summed E-state index contributed by atoms with van der Waals surface area (Å²) >= 11 is 5.84. The molecule has 0 spiro atoms. The summed E-state index contributed by atoms with van der Waals surface area (Å²) < 4.78 is 0. The molecule has 1 rings (SSSR count). The van der Waals surface area contributed by atoms with Gasteiger partial charge in [-0.15, -0.1) is 0 Å². The van der Waals surface area contributed by atoms with Gasteiger partial charge < -0.3 is 15.5 Å². The molecule has 0 saturated carbocycles. The van der Waals surface area contributed by atoms with Crippen molar-refractivity contribution in [1.29, 1.82) is 0 Å². The molecule has 0 saturated heterocycles. The van der Waals surface area contributed by atoms with Crippen molar-refractivity contribution in [2.75, 3.05) is 0 Å². The number of hydrogen-bond donors (Lipinski definition) is 3. The van der Waals surface area contributed by atoms with Gasteiger partial charge in [0.15, 0.2) is 0 Å². The van der Waals surface area contributed by atoms with Crippen molar-refractivity contribution in [3.8, 4) is 0 Å². The van der Waals surface area contributed by atoms with Crippen LogP contribution in [0.2, 0.25) is 5.02 Å². The van der Waals surface area contributed by atoms with Crippen LogP contribution in [0.5, 0.6) is 0 Å². The van der Waals surface area contributed by atoms with Gasteiger partial charge in [0.25, 0.3) is 5.91 Å². The molecule has 1 aromatic rings. The molecule has 0 bridgehead atoms. The van der Waals surface area contributed by atoms with E-state index >= 15 is 0 Å². The van der Waals surface area contributed by atoms with Crippen LogP contribution in [0.15, 0.2) is 18.2 Å². The van der Waals surface area contributed by atoms with Gasteiger partial charge in [-0.3, -0.25) is 9.59 Å². The number of benzene rings is 1. The minimum absolute atomic E-state index is 0.178. The van der Waals surface area contributed by atoms with E-state index in [0.29, 0.717) is 10.6 Å². The number of aliphatic carboxylic acids is 2. The lowest BCUT2D eigenvalue weighted by atomic mass is 10.1. The third kappa shape index (κ3) is 4.55. The largest absolute Gasteiger partial charge is 0.481 e. The van der Waals surface area contributed by atoms with E-state index in [-0.39, 0.29) is 18.4 Å². The van der Waals surface area contributed by atoms with Crippen LogP contribution >= 0.6 is 11.6 Å². The minimum Gasteiger partial charge on any atom is -0.481 e. The molecule has 0 aromatic heterocycles. The van der Waals surface area contributed by atoms with Gasteiger partial charge in [0.05, 0.1) is 0 Å². The van der Waals surface area contributed by atoms with Crippen LogP contribution < -0.4 is 5.32 Å². The molecule has 7 heteroatoms. The van der Waals surface area contributed by atoms with Crippen molar-refractivity contribution in [1.82, 2.24) is 5.32 Å². The maximum atomic E-state index is 11.9. The summed E-state index contributed by atoms with van der Waals surface area (Å²) in [6, 6.07) is 3.31. The number of carbonyl (C=O) groups is 3. The number of nitrogens with one attached hydrogen (secondary N) is 1. The molecule has 20 heavy (non-hydrogen) atoms. The number of amides is 1. The summed E-state index contributed by atoms with van der Waals surface area (Å²) in [7, 11) is 0. The number of carbonyl (C=O) groups excluding carboxylic acids is 1. The number of aryl methyl sites for hydroxylation is 1. The Morgan fingerprint density at radius 2 is 1.95 bits per heavy atom. The van der Waals surface area contributed by atoms with E-state index in [1.54, 1.807) is 13.0 Å². The first-order valence-electron chi connectivity index (χ1n) is 5.83. The van der Waals surface area contributed by atoms with E-state index in [1.807, 2.05) is 0 Å². The Bertz CT molecular complexity index is 544. The first-order valence-corrected chi connectivity index (χ1v) is 6.20.